The number of rotatable bonds is 2. The Morgan fingerprint density at radius 2 is 2.25 bits per heavy atom. The standard InChI is InChI=1S/C12H14BrF2N/c13-10-5-8(1-2-11(10)14)6-12(15)4-3-9(16)7-12/h1-2,5,9H,3-4,6-7,16H2. The zero-order chi connectivity index (χ0) is 11.8. The third-order valence-electron chi connectivity index (χ3n) is 3.10. The van der Waals surface area contributed by atoms with Crippen molar-refractivity contribution in [2.24, 2.45) is 5.73 Å². The summed E-state index contributed by atoms with van der Waals surface area (Å²) < 4.78 is 27.7. The predicted molar refractivity (Wildman–Crippen MR) is 63.5 cm³/mol. The lowest BCUT2D eigenvalue weighted by atomic mass is 9.94. The minimum absolute atomic E-state index is 0.0334. The molecule has 1 aliphatic rings. The summed E-state index contributed by atoms with van der Waals surface area (Å²) in [6.07, 6.45) is 1.96. The summed E-state index contributed by atoms with van der Waals surface area (Å²) >= 11 is 3.10. The first-order chi connectivity index (χ1) is 7.48. The van der Waals surface area contributed by atoms with Crippen molar-refractivity contribution in [1.29, 1.82) is 0 Å². The molecule has 1 aromatic carbocycles. The number of hydrogen-bond donors (Lipinski definition) is 1. The summed E-state index contributed by atoms with van der Waals surface area (Å²) in [6.45, 7) is 0. The molecule has 1 aromatic rings. The van der Waals surface area contributed by atoms with E-state index in [1.54, 1.807) is 12.1 Å². The van der Waals surface area contributed by atoms with E-state index in [1.807, 2.05) is 0 Å². The molecule has 88 valence electrons. The van der Waals surface area contributed by atoms with E-state index >= 15 is 0 Å². The molecular weight excluding hydrogens is 276 g/mol. The fourth-order valence-corrected chi connectivity index (χ4v) is 2.72. The predicted octanol–water partition coefficient (Wildman–Crippen LogP) is 3.35. The molecular formula is C12H14BrF2N. The van der Waals surface area contributed by atoms with Crippen molar-refractivity contribution in [3.05, 3.63) is 34.1 Å². The molecule has 0 amide bonds. The molecule has 0 aliphatic heterocycles. The van der Waals surface area contributed by atoms with Gasteiger partial charge in [0.1, 0.15) is 11.5 Å². The Bertz CT molecular complexity index is 397. The first kappa shape index (κ1) is 12.0. The molecule has 2 unspecified atom stereocenters. The van der Waals surface area contributed by atoms with Crippen molar-refractivity contribution >= 4 is 15.9 Å². The second-order valence-corrected chi connectivity index (χ2v) is 5.43. The van der Waals surface area contributed by atoms with E-state index in [2.05, 4.69) is 15.9 Å². The molecule has 0 saturated heterocycles. The second-order valence-electron chi connectivity index (χ2n) is 4.58. The van der Waals surface area contributed by atoms with E-state index in [0.717, 1.165) is 12.0 Å². The summed E-state index contributed by atoms with van der Waals surface area (Å²) in [5.74, 6) is -0.320. The fraction of sp³-hybridized carbons (Fsp3) is 0.500. The molecule has 2 rings (SSSR count). The Balaban J connectivity index is 2.12. The van der Waals surface area contributed by atoms with E-state index in [1.165, 1.54) is 6.07 Å². The highest BCUT2D eigenvalue weighted by Crippen LogP contribution is 2.36. The highest BCUT2D eigenvalue weighted by molar-refractivity contribution is 9.10. The van der Waals surface area contributed by atoms with Crippen LogP contribution in [0.15, 0.2) is 22.7 Å². The molecule has 2 N–H and O–H groups in total. The maximum Gasteiger partial charge on any atom is 0.137 e. The van der Waals surface area contributed by atoms with Gasteiger partial charge in [0.25, 0.3) is 0 Å². The van der Waals surface area contributed by atoms with Gasteiger partial charge in [0.05, 0.1) is 4.47 Å². The van der Waals surface area contributed by atoms with Gasteiger partial charge in [0.15, 0.2) is 0 Å². The smallest absolute Gasteiger partial charge is 0.137 e. The Morgan fingerprint density at radius 1 is 1.50 bits per heavy atom. The Morgan fingerprint density at radius 3 is 2.81 bits per heavy atom. The first-order valence-electron chi connectivity index (χ1n) is 5.37. The summed E-state index contributed by atoms with van der Waals surface area (Å²) in [6, 6.07) is 4.59. The molecule has 0 spiro atoms. The zero-order valence-corrected chi connectivity index (χ0v) is 10.4. The largest absolute Gasteiger partial charge is 0.328 e. The molecule has 2 atom stereocenters. The first-order valence-corrected chi connectivity index (χ1v) is 6.16. The van der Waals surface area contributed by atoms with Crippen LogP contribution < -0.4 is 5.73 Å². The monoisotopic (exact) mass is 289 g/mol. The van der Waals surface area contributed by atoms with Crippen LogP contribution in [0.3, 0.4) is 0 Å². The average Bonchev–Trinajstić information content (AvgIpc) is 2.52. The van der Waals surface area contributed by atoms with Gasteiger partial charge in [-0.1, -0.05) is 6.07 Å². The van der Waals surface area contributed by atoms with Gasteiger partial charge in [0, 0.05) is 12.5 Å². The average molecular weight is 290 g/mol. The number of halogens is 3. The van der Waals surface area contributed by atoms with Crippen LogP contribution in [0.2, 0.25) is 0 Å². The lowest BCUT2D eigenvalue weighted by Crippen LogP contribution is -2.25. The third-order valence-corrected chi connectivity index (χ3v) is 3.70. The van der Waals surface area contributed by atoms with Crippen molar-refractivity contribution < 1.29 is 8.78 Å². The van der Waals surface area contributed by atoms with Crippen LogP contribution in [0.5, 0.6) is 0 Å². The van der Waals surface area contributed by atoms with Crippen LogP contribution in [0.4, 0.5) is 8.78 Å². The highest BCUT2D eigenvalue weighted by Gasteiger charge is 2.37. The maximum atomic E-state index is 14.3. The molecule has 0 bridgehead atoms. The summed E-state index contributed by atoms with van der Waals surface area (Å²) in [5.41, 5.74) is 5.31. The second kappa shape index (κ2) is 4.41. The molecule has 1 nitrogen and oxygen atoms in total. The van der Waals surface area contributed by atoms with Crippen molar-refractivity contribution in [3.63, 3.8) is 0 Å². The van der Waals surface area contributed by atoms with Gasteiger partial charge in [0.2, 0.25) is 0 Å². The van der Waals surface area contributed by atoms with Gasteiger partial charge in [-0.3, -0.25) is 0 Å². The molecule has 0 aromatic heterocycles. The van der Waals surface area contributed by atoms with E-state index < -0.39 is 5.67 Å². The SMILES string of the molecule is NC1CCC(F)(Cc2ccc(F)c(Br)c2)C1. The number of nitrogens with two attached hydrogens (primary N) is 1. The van der Waals surface area contributed by atoms with Gasteiger partial charge in [-0.25, -0.2) is 8.78 Å². The highest BCUT2D eigenvalue weighted by atomic mass is 79.9. The van der Waals surface area contributed by atoms with E-state index in [4.69, 9.17) is 5.73 Å². The zero-order valence-electron chi connectivity index (χ0n) is 8.85. The maximum absolute atomic E-state index is 14.3. The number of alkyl halides is 1. The third kappa shape index (κ3) is 2.61. The molecule has 0 heterocycles. The molecule has 0 radical (unpaired) electrons. The van der Waals surface area contributed by atoms with Crippen molar-refractivity contribution in [3.8, 4) is 0 Å². The molecule has 16 heavy (non-hydrogen) atoms. The van der Waals surface area contributed by atoms with Crippen LogP contribution in [0.1, 0.15) is 24.8 Å². The summed E-state index contributed by atoms with van der Waals surface area (Å²) in [4.78, 5) is 0. The summed E-state index contributed by atoms with van der Waals surface area (Å²) in [7, 11) is 0. The Hall–Kier alpha value is -0.480. The lowest BCUT2D eigenvalue weighted by Gasteiger charge is -2.19. The fourth-order valence-electron chi connectivity index (χ4n) is 2.29. The molecule has 1 aliphatic carbocycles. The van der Waals surface area contributed by atoms with Crippen molar-refractivity contribution in [1.82, 2.24) is 0 Å². The lowest BCUT2D eigenvalue weighted by molar-refractivity contribution is 0.170. The quantitative estimate of drug-likeness (QED) is 0.888. The van der Waals surface area contributed by atoms with Gasteiger partial charge in [-0.05, 0) is 52.9 Å². The summed E-state index contributed by atoms with van der Waals surface area (Å²) in [5, 5.41) is 0. The van der Waals surface area contributed by atoms with Crippen LogP contribution >= 0.6 is 15.9 Å². The van der Waals surface area contributed by atoms with Gasteiger partial charge in [-0.2, -0.15) is 0 Å². The number of hydrogen-bond acceptors (Lipinski definition) is 1. The van der Waals surface area contributed by atoms with E-state index in [-0.39, 0.29) is 11.9 Å². The molecule has 4 heteroatoms. The Kier molecular flexibility index (Phi) is 3.31. The van der Waals surface area contributed by atoms with Crippen LogP contribution in [0, 0.1) is 5.82 Å². The van der Waals surface area contributed by atoms with Crippen LogP contribution in [0.25, 0.3) is 0 Å². The van der Waals surface area contributed by atoms with Crippen molar-refractivity contribution in [2.45, 2.75) is 37.4 Å². The topological polar surface area (TPSA) is 26.0 Å². The van der Waals surface area contributed by atoms with Crippen LogP contribution in [-0.2, 0) is 6.42 Å². The molecule has 1 fully saturated rings. The Labute approximate surface area is 102 Å². The minimum Gasteiger partial charge on any atom is -0.328 e. The molecule has 1 saturated carbocycles. The van der Waals surface area contributed by atoms with Gasteiger partial charge < -0.3 is 5.73 Å². The van der Waals surface area contributed by atoms with Crippen LogP contribution in [-0.4, -0.2) is 11.7 Å². The van der Waals surface area contributed by atoms with Gasteiger partial charge >= 0.3 is 0 Å². The normalized spacial score (nSPS) is 29.6. The van der Waals surface area contributed by atoms with E-state index in [9.17, 15) is 8.78 Å². The van der Waals surface area contributed by atoms with Gasteiger partial charge in [-0.15, -0.1) is 0 Å². The number of benzene rings is 1. The van der Waals surface area contributed by atoms with Crippen molar-refractivity contribution in [2.75, 3.05) is 0 Å². The minimum atomic E-state index is -1.21. The van der Waals surface area contributed by atoms with E-state index in [0.29, 0.717) is 23.7 Å².